The molecule has 0 saturated carbocycles. The van der Waals surface area contributed by atoms with Crippen LogP contribution in [-0.2, 0) is 0 Å². The standard InChI is InChI=1S/C26H24O5/c1-17-4-9-21(10-5-17)29-14-15-30-26-24(27)22-16-18(2)6-13-23(22)31-25(26)19-7-11-20(28-3)12-8-19/h4-13,16H,14-15H2,1-3H3. The molecule has 1 heterocycles. The molecule has 0 bridgehead atoms. The van der Waals surface area contributed by atoms with Gasteiger partial charge < -0.3 is 18.6 Å². The molecular weight excluding hydrogens is 392 g/mol. The highest BCUT2D eigenvalue weighted by molar-refractivity contribution is 5.82. The van der Waals surface area contributed by atoms with Crippen LogP contribution >= 0.6 is 0 Å². The summed E-state index contributed by atoms with van der Waals surface area (Å²) >= 11 is 0. The first-order valence-corrected chi connectivity index (χ1v) is 10.1. The second-order valence-electron chi connectivity index (χ2n) is 7.33. The summed E-state index contributed by atoms with van der Waals surface area (Å²) < 4.78 is 23.0. The van der Waals surface area contributed by atoms with Gasteiger partial charge in [-0.25, -0.2) is 0 Å². The molecule has 0 saturated heterocycles. The Hall–Kier alpha value is -3.73. The number of fused-ring (bicyclic) bond motifs is 1. The molecule has 0 amide bonds. The van der Waals surface area contributed by atoms with Gasteiger partial charge in [0.05, 0.1) is 12.5 Å². The molecule has 4 rings (SSSR count). The minimum atomic E-state index is -0.203. The quantitative estimate of drug-likeness (QED) is 0.370. The van der Waals surface area contributed by atoms with Gasteiger partial charge >= 0.3 is 0 Å². The number of rotatable bonds is 7. The maximum absolute atomic E-state index is 13.2. The minimum absolute atomic E-state index is 0.177. The summed E-state index contributed by atoms with van der Waals surface area (Å²) in [6.45, 7) is 4.47. The molecule has 0 aliphatic rings. The van der Waals surface area contributed by atoms with Gasteiger partial charge in [-0.1, -0.05) is 29.3 Å². The fourth-order valence-corrected chi connectivity index (χ4v) is 3.29. The lowest BCUT2D eigenvalue weighted by Gasteiger charge is -2.13. The number of ether oxygens (including phenoxy) is 3. The van der Waals surface area contributed by atoms with E-state index in [2.05, 4.69) is 0 Å². The van der Waals surface area contributed by atoms with Gasteiger partial charge in [-0.05, 0) is 62.4 Å². The average Bonchev–Trinajstić information content (AvgIpc) is 2.79. The van der Waals surface area contributed by atoms with Crippen molar-refractivity contribution in [3.8, 4) is 28.6 Å². The van der Waals surface area contributed by atoms with Crippen LogP contribution in [0.1, 0.15) is 11.1 Å². The highest BCUT2D eigenvalue weighted by Gasteiger charge is 2.18. The molecule has 0 fully saturated rings. The summed E-state index contributed by atoms with van der Waals surface area (Å²) in [5, 5.41) is 0.492. The Morgan fingerprint density at radius 2 is 1.42 bits per heavy atom. The molecule has 0 aliphatic carbocycles. The second-order valence-corrected chi connectivity index (χ2v) is 7.33. The molecule has 0 aliphatic heterocycles. The van der Waals surface area contributed by atoms with Crippen LogP contribution in [-0.4, -0.2) is 20.3 Å². The lowest BCUT2D eigenvalue weighted by molar-refractivity contribution is 0.214. The van der Waals surface area contributed by atoms with E-state index in [1.807, 2.05) is 80.6 Å². The summed E-state index contributed by atoms with van der Waals surface area (Å²) in [5.74, 6) is 2.04. The molecule has 0 N–H and O–H groups in total. The number of methoxy groups -OCH3 is 1. The Balaban J connectivity index is 1.64. The van der Waals surface area contributed by atoms with E-state index in [1.165, 1.54) is 0 Å². The summed E-state index contributed by atoms with van der Waals surface area (Å²) in [6, 6.07) is 20.6. The molecule has 31 heavy (non-hydrogen) atoms. The van der Waals surface area contributed by atoms with E-state index in [9.17, 15) is 4.79 Å². The topological polar surface area (TPSA) is 57.9 Å². The Labute approximate surface area is 180 Å². The normalized spacial score (nSPS) is 10.8. The third-order valence-electron chi connectivity index (χ3n) is 4.98. The number of benzene rings is 3. The molecule has 0 radical (unpaired) electrons. The van der Waals surface area contributed by atoms with Gasteiger partial charge in [0.1, 0.15) is 30.3 Å². The predicted molar refractivity (Wildman–Crippen MR) is 121 cm³/mol. The molecule has 5 nitrogen and oxygen atoms in total. The van der Waals surface area contributed by atoms with E-state index in [-0.39, 0.29) is 17.8 Å². The highest BCUT2D eigenvalue weighted by Crippen LogP contribution is 2.32. The lowest BCUT2D eigenvalue weighted by atomic mass is 10.1. The van der Waals surface area contributed by atoms with Gasteiger partial charge in [-0.15, -0.1) is 0 Å². The van der Waals surface area contributed by atoms with Crippen LogP contribution in [0.4, 0.5) is 0 Å². The van der Waals surface area contributed by atoms with Crippen molar-refractivity contribution in [1.82, 2.24) is 0 Å². The van der Waals surface area contributed by atoms with Crippen LogP contribution in [0, 0.1) is 13.8 Å². The SMILES string of the molecule is COc1ccc(-c2oc3ccc(C)cc3c(=O)c2OCCOc2ccc(C)cc2)cc1. The van der Waals surface area contributed by atoms with E-state index < -0.39 is 0 Å². The van der Waals surface area contributed by atoms with E-state index in [0.717, 1.165) is 28.2 Å². The molecule has 5 heteroatoms. The van der Waals surface area contributed by atoms with Crippen molar-refractivity contribution in [3.05, 3.63) is 88.1 Å². The van der Waals surface area contributed by atoms with Crippen LogP contribution in [0.5, 0.6) is 17.2 Å². The van der Waals surface area contributed by atoms with Crippen LogP contribution in [0.2, 0.25) is 0 Å². The maximum Gasteiger partial charge on any atom is 0.235 e. The Morgan fingerprint density at radius 1 is 0.774 bits per heavy atom. The van der Waals surface area contributed by atoms with Crippen molar-refractivity contribution < 1.29 is 18.6 Å². The number of aryl methyl sites for hydroxylation is 2. The first-order valence-electron chi connectivity index (χ1n) is 10.1. The van der Waals surface area contributed by atoms with Gasteiger partial charge in [0.25, 0.3) is 0 Å². The van der Waals surface area contributed by atoms with Gasteiger partial charge in [0.2, 0.25) is 11.2 Å². The summed E-state index contributed by atoms with van der Waals surface area (Å²) in [5.41, 5.74) is 3.19. The number of hydrogen-bond acceptors (Lipinski definition) is 5. The molecule has 0 atom stereocenters. The van der Waals surface area contributed by atoms with Crippen molar-refractivity contribution in [2.75, 3.05) is 20.3 Å². The zero-order valence-electron chi connectivity index (χ0n) is 17.8. The zero-order valence-corrected chi connectivity index (χ0v) is 17.8. The van der Waals surface area contributed by atoms with E-state index in [1.54, 1.807) is 7.11 Å². The van der Waals surface area contributed by atoms with Gasteiger partial charge in [0.15, 0.2) is 5.76 Å². The third kappa shape index (κ3) is 4.56. The van der Waals surface area contributed by atoms with Crippen molar-refractivity contribution in [2.24, 2.45) is 0 Å². The molecule has 4 aromatic rings. The van der Waals surface area contributed by atoms with Crippen LogP contribution in [0.3, 0.4) is 0 Å². The van der Waals surface area contributed by atoms with Crippen LogP contribution in [0.25, 0.3) is 22.3 Å². The van der Waals surface area contributed by atoms with Crippen molar-refractivity contribution in [3.63, 3.8) is 0 Å². The Kier molecular flexibility index (Phi) is 5.94. The third-order valence-corrected chi connectivity index (χ3v) is 4.98. The maximum atomic E-state index is 13.2. The average molecular weight is 416 g/mol. The van der Waals surface area contributed by atoms with Crippen molar-refractivity contribution in [1.29, 1.82) is 0 Å². The van der Waals surface area contributed by atoms with Gasteiger partial charge in [-0.3, -0.25) is 4.79 Å². The smallest absolute Gasteiger partial charge is 0.235 e. The molecule has 0 unspecified atom stereocenters. The molecule has 1 aromatic heterocycles. The van der Waals surface area contributed by atoms with E-state index in [0.29, 0.717) is 23.3 Å². The first-order chi connectivity index (χ1) is 15.0. The van der Waals surface area contributed by atoms with E-state index >= 15 is 0 Å². The Morgan fingerprint density at radius 3 is 2.13 bits per heavy atom. The molecule has 3 aromatic carbocycles. The van der Waals surface area contributed by atoms with Crippen molar-refractivity contribution in [2.45, 2.75) is 13.8 Å². The van der Waals surface area contributed by atoms with Crippen LogP contribution < -0.4 is 19.6 Å². The zero-order chi connectivity index (χ0) is 21.8. The summed E-state index contributed by atoms with van der Waals surface area (Å²) in [4.78, 5) is 13.2. The largest absolute Gasteiger partial charge is 0.497 e. The van der Waals surface area contributed by atoms with Crippen LogP contribution in [0.15, 0.2) is 75.9 Å². The highest BCUT2D eigenvalue weighted by atomic mass is 16.5. The molecule has 0 spiro atoms. The monoisotopic (exact) mass is 416 g/mol. The first kappa shape index (κ1) is 20.5. The number of hydrogen-bond donors (Lipinski definition) is 0. The van der Waals surface area contributed by atoms with E-state index in [4.69, 9.17) is 18.6 Å². The predicted octanol–water partition coefficient (Wildman–Crippen LogP) is 5.54. The fourth-order valence-electron chi connectivity index (χ4n) is 3.29. The van der Waals surface area contributed by atoms with Gasteiger partial charge in [0, 0.05) is 5.56 Å². The van der Waals surface area contributed by atoms with Gasteiger partial charge in [-0.2, -0.15) is 0 Å². The fraction of sp³-hybridized carbons (Fsp3) is 0.192. The Bertz CT molecular complexity index is 1240. The summed E-state index contributed by atoms with van der Waals surface area (Å²) in [7, 11) is 1.61. The summed E-state index contributed by atoms with van der Waals surface area (Å²) in [6.07, 6.45) is 0. The molecule has 158 valence electrons. The lowest BCUT2D eigenvalue weighted by Crippen LogP contribution is -2.15. The molecular formula is C26H24O5. The van der Waals surface area contributed by atoms with Crippen molar-refractivity contribution >= 4 is 11.0 Å². The second kappa shape index (κ2) is 8.96. The minimum Gasteiger partial charge on any atom is -0.497 e.